The molecule has 0 aliphatic heterocycles. The highest BCUT2D eigenvalue weighted by molar-refractivity contribution is 5.84. The fraction of sp³-hybridized carbons (Fsp3) is 0.357. The average molecular weight is 259 g/mol. The van der Waals surface area contributed by atoms with Gasteiger partial charge in [0.25, 0.3) is 0 Å². The van der Waals surface area contributed by atoms with E-state index < -0.39 is 4.92 Å². The van der Waals surface area contributed by atoms with Crippen molar-refractivity contribution >= 4 is 22.4 Å². The first-order chi connectivity index (χ1) is 9.08. The summed E-state index contributed by atoms with van der Waals surface area (Å²) in [6.45, 7) is 4.91. The molecule has 0 saturated heterocycles. The molecule has 19 heavy (non-hydrogen) atoms. The van der Waals surface area contributed by atoms with E-state index in [1.165, 1.54) is 0 Å². The lowest BCUT2D eigenvalue weighted by atomic mass is 10.1. The summed E-state index contributed by atoms with van der Waals surface area (Å²) < 4.78 is 0. The van der Waals surface area contributed by atoms with Crippen LogP contribution in [0.2, 0.25) is 0 Å². The molecule has 1 heterocycles. The van der Waals surface area contributed by atoms with Crippen LogP contribution in [0.25, 0.3) is 10.9 Å². The molecule has 2 rings (SSSR count). The summed E-state index contributed by atoms with van der Waals surface area (Å²) in [6.07, 6.45) is 0.950. The molecule has 0 unspecified atom stereocenters. The molecule has 5 nitrogen and oxygen atoms in total. The number of para-hydroxylation sites is 1. The number of nitro groups is 1. The minimum absolute atomic E-state index is 0.0301. The number of nitrogens with one attached hydrogen (secondary N) is 1. The molecule has 100 valence electrons. The lowest BCUT2D eigenvalue weighted by Gasteiger charge is -2.09. The van der Waals surface area contributed by atoms with Crippen LogP contribution in [0.1, 0.15) is 20.3 Å². The highest BCUT2D eigenvalue weighted by Crippen LogP contribution is 2.26. The number of nitrogens with zero attached hydrogens (tertiary/aromatic N) is 2. The Labute approximate surface area is 111 Å². The molecule has 0 radical (unpaired) electrons. The third-order valence-corrected chi connectivity index (χ3v) is 2.91. The first-order valence-electron chi connectivity index (χ1n) is 6.36. The maximum atomic E-state index is 11.1. The van der Waals surface area contributed by atoms with Crippen LogP contribution in [0, 0.1) is 16.0 Å². The van der Waals surface area contributed by atoms with E-state index >= 15 is 0 Å². The summed E-state index contributed by atoms with van der Waals surface area (Å²) in [4.78, 5) is 15.0. The van der Waals surface area contributed by atoms with Crippen molar-refractivity contribution in [1.29, 1.82) is 0 Å². The number of pyridine rings is 1. The first kappa shape index (κ1) is 13.3. The number of rotatable bonds is 5. The molecule has 0 aliphatic carbocycles. The zero-order valence-corrected chi connectivity index (χ0v) is 11.1. The van der Waals surface area contributed by atoms with E-state index in [4.69, 9.17) is 0 Å². The van der Waals surface area contributed by atoms with Gasteiger partial charge in [0.2, 0.25) is 5.82 Å². The van der Waals surface area contributed by atoms with E-state index in [1.807, 2.05) is 24.3 Å². The fourth-order valence-corrected chi connectivity index (χ4v) is 1.85. The van der Waals surface area contributed by atoms with Crippen molar-refractivity contribution in [2.75, 3.05) is 11.9 Å². The Morgan fingerprint density at radius 3 is 2.79 bits per heavy atom. The van der Waals surface area contributed by atoms with Gasteiger partial charge in [0, 0.05) is 18.0 Å². The van der Waals surface area contributed by atoms with Gasteiger partial charge in [0.1, 0.15) is 0 Å². The monoisotopic (exact) mass is 259 g/mol. The molecule has 0 saturated carbocycles. The number of fused-ring (bicyclic) bond motifs is 1. The smallest absolute Gasteiger partial charge is 0.312 e. The van der Waals surface area contributed by atoms with Gasteiger partial charge in [0.15, 0.2) is 0 Å². The SMILES string of the molecule is CC(C)CCNc1nc2ccccc2cc1[N+](=O)[O-]. The summed E-state index contributed by atoms with van der Waals surface area (Å²) >= 11 is 0. The second-order valence-corrected chi connectivity index (χ2v) is 4.92. The van der Waals surface area contributed by atoms with E-state index in [0.29, 0.717) is 18.3 Å². The maximum absolute atomic E-state index is 11.1. The molecular weight excluding hydrogens is 242 g/mol. The number of hydrogen-bond donors (Lipinski definition) is 1. The van der Waals surface area contributed by atoms with Crippen molar-refractivity contribution < 1.29 is 4.92 Å². The standard InChI is InChI=1S/C14H17N3O2/c1-10(2)7-8-15-14-13(17(18)19)9-11-5-3-4-6-12(11)16-14/h3-6,9-10H,7-8H2,1-2H3,(H,15,16). The quantitative estimate of drug-likeness (QED) is 0.658. The normalized spacial score (nSPS) is 10.9. The van der Waals surface area contributed by atoms with Gasteiger partial charge in [-0.05, 0) is 18.4 Å². The molecule has 0 fully saturated rings. The molecule has 1 aromatic heterocycles. The van der Waals surface area contributed by atoms with Gasteiger partial charge in [-0.15, -0.1) is 0 Å². The predicted octanol–water partition coefficient (Wildman–Crippen LogP) is 3.60. The highest BCUT2D eigenvalue weighted by Gasteiger charge is 2.16. The highest BCUT2D eigenvalue weighted by atomic mass is 16.6. The van der Waals surface area contributed by atoms with E-state index in [0.717, 1.165) is 17.3 Å². The van der Waals surface area contributed by atoms with Crippen LogP contribution in [0.4, 0.5) is 11.5 Å². The molecule has 1 aromatic carbocycles. The summed E-state index contributed by atoms with van der Waals surface area (Å²) in [5, 5.41) is 14.9. The minimum atomic E-state index is -0.392. The Kier molecular flexibility index (Phi) is 3.94. The molecule has 1 N–H and O–H groups in total. The molecule has 0 aliphatic rings. The predicted molar refractivity (Wildman–Crippen MR) is 76.3 cm³/mol. The average Bonchev–Trinajstić information content (AvgIpc) is 2.37. The third-order valence-electron chi connectivity index (χ3n) is 2.91. The Balaban J connectivity index is 2.33. The number of benzene rings is 1. The summed E-state index contributed by atoms with van der Waals surface area (Å²) in [7, 11) is 0. The molecule has 0 spiro atoms. The second-order valence-electron chi connectivity index (χ2n) is 4.92. The van der Waals surface area contributed by atoms with Gasteiger partial charge < -0.3 is 5.32 Å². The van der Waals surface area contributed by atoms with Crippen molar-refractivity contribution in [3.63, 3.8) is 0 Å². The number of hydrogen-bond acceptors (Lipinski definition) is 4. The topological polar surface area (TPSA) is 68.1 Å². The largest absolute Gasteiger partial charge is 0.364 e. The van der Waals surface area contributed by atoms with E-state index in [9.17, 15) is 10.1 Å². The van der Waals surface area contributed by atoms with Crippen molar-refractivity contribution in [2.45, 2.75) is 20.3 Å². The van der Waals surface area contributed by atoms with E-state index in [1.54, 1.807) is 6.07 Å². The summed E-state index contributed by atoms with van der Waals surface area (Å²) in [5.41, 5.74) is 0.794. The van der Waals surface area contributed by atoms with Crippen LogP contribution in [-0.2, 0) is 0 Å². The van der Waals surface area contributed by atoms with E-state index in [-0.39, 0.29) is 5.69 Å². The zero-order chi connectivity index (χ0) is 13.8. The van der Waals surface area contributed by atoms with E-state index in [2.05, 4.69) is 24.1 Å². The molecule has 2 aromatic rings. The van der Waals surface area contributed by atoms with Gasteiger partial charge in [-0.1, -0.05) is 32.0 Å². The van der Waals surface area contributed by atoms with Crippen LogP contribution in [0.3, 0.4) is 0 Å². The summed E-state index contributed by atoms with van der Waals surface area (Å²) in [5.74, 6) is 0.899. The van der Waals surface area contributed by atoms with Crippen LogP contribution in [0.15, 0.2) is 30.3 Å². The summed E-state index contributed by atoms with van der Waals surface area (Å²) in [6, 6.07) is 8.97. The first-order valence-corrected chi connectivity index (χ1v) is 6.36. The van der Waals surface area contributed by atoms with Gasteiger partial charge in [0.05, 0.1) is 10.4 Å². The van der Waals surface area contributed by atoms with Crippen LogP contribution in [-0.4, -0.2) is 16.5 Å². The van der Waals surface area contributed by atoms with Gasteiger partial charge in [-0.2, -0.15) is 0 Å². The van der Waals surface area contributed by atoms with Crippen LogP contribution < -0.4 is 5.32 Å². The van der Waals surface area contributed by atoms with Crippen molar-refractivity contribution in [2.24, 2.45) is 5.92 Å². The Morgan fingerprint density at radius 2 is 2.11 bits per heavy atom. The van der Waals surface area contributed by atoms with Crippen molar-refractivity contribution in [1.82, 2.24) is 4.98 Å². The van der Waals surface area contributed by atoms with Crippen LogP contribution in [0.5, 0.6) is 0 Å². The molecule has 5 heteroatoms. The third kappa shape index (κ3) is 3.19. The van der Waals surface area contributed by atoms with Crippen molar-refractivity contribution in [3.05, 3.63) is 40.4 Å². The minimum Gasteiger partial charge on any atom is -0.364 e. The maximum Gasteiger partial charge on any atom is 0.312 e. The molecule has 0 bridgehead atoms. The number of anilines is 1. The lowest BCUT2D eigenvalue weighted by molar-refractivity contribution is -0.384. The Hall–Kier alpha value is -2.17. The molecular formula is C14H17N3O2. The molecule has 0 amide bonds. The second kappa shape index (κ2) is 5.65. The van der Waals surface area contributed by atoms with Gasteiger partial charge in [-0.3, -0.25) is 10.1 Å². The van der Waals surface area contributed by atoms with Crippen molar-refractivity contribution in [3.8, 4) is 0 Å². The van der Waals surface area contributed by atoms with Gasteiger partial charge in [-0.25, -0.2) is 4.98 Å². The Morgan fingerprint density at radius 1 is 1.37 bits per heavy atom. The van der Waals surface area contributed by atoms with Crippen LogP contribution >= 0.6 is 0 Å². The fourth-order valence-electron chi connectivity index (χ4n) is 1.85. The Bertz CT molecular complexity index is 596. The zero-order valence-electron chi connectivity index (χ0n) is 11.1. The number of aromatic nitrogens is 1. The molecule has 0 atom stereocenters. The van der Waals surface area contributed by atoms with Gasteiger partial charge >= 0.3 is 5.69 Å². The lowest BCUT2D eigenvalue weighted by Crippen LogP contribution is -2.08.